The van der Waals surface area contributed by atoms with Gasteiger partial charge in [0.2, 0.25) is 0 Å². The molecule has 0 aromatic rings. The average molecular weight is 246 g/mol. The van der Waals surface area contributed by atoms with Gasteiger partial charge in [-0.25, -0.2) is 0 Å². The summed E-state index contributed by atoms with van der Waals surface area (Å²) in [7, 11) is -4.67. The van der Waals surface area contributed by atoms with E-state index in [-0.39, 0.29) is 5.97 Å². The molecule has 0 saturated heterocycles. The minimum Gasteiger partial charge on any atom is -0.481 e. The largest absolute Gasteiger partial charge is 0.481 e. The Bertz CT molecular complexity index is 255. The van der Waals surface area contributed by atoms with Gasteiger partial charge in [-0.1, -0.05) is 0 Å². The highest BCUT2D eigenvalue weighted by Gasteiger charge is 1.84. The summed E-state index contributed by atoms with van der Waals surface area (Å²) >= 11 is 0. The summed E-state index contributed by atoms with van der Waals surface area (Å²) in [5.41, 5.74) is 0. The lowest BCUT2D eigenvalue weighted by Crippen LogP contribution is -1.95. The third-order valence-electron chi connectivity index (χ3n) is 0.348. The molecule has 0 spiro atoms. The Morgan fingerprint density at radius 3 is 1.40 bits per heavy atom. The second-order valence-corrected chi connectivity index (χ2v) is 2.79. The van der Waals surface area contributed by atoms with Crippen molar-refractivity contribution in [2.75, 3.05) is 6.61 Å². The van der Waals surface area contributed by atoms with E-state index >= 15 is 0 Å². The van der Waals surface area contributed by atoms with Crippen molar-refractivity contribution in [1.29, 1.82) is 0 Å². The Kier molecular flexibility index (Phi) is 14.1. The molecule has 3 N–H and O–H groups in total. The van der Waals surface area contributed by atoms with E-state index in [1.165, 1.54) is 6.92 Å². The van der Waals surface area contributed by atoms with Gasteiger partial charge in [0.1, 0.15) is 0 Å². The Balaban J connectivity index is -0.000000147. The smallest absolute Gasteiger partial charge is 0.394 e. The summed E-state index contributed by atoms with van der Waals surface area (Å²) in [4.78, 5) is 18.8. The Hall–Kier alpha value is -1.19. The van der Waals surface area contributed by atoms with E-state index in [9.17, 15) is 4.79 Å². The zero-order valence-electron chi connectivity index (χ0n) is 8.50. The van der Waals surface area contributed by atoms with E-state index in [0.29, 0.717) is 6.61 Å². The summed E-state index contributed by atoms with van der Waals surface area (Å²) in [5.74, 6) is -1.04. The highest BCUT2D eigenvalue weighted by Crippen LogP contribution is 1.69. The number of carboxylic acid groups (broad SMARTS) is 1. The van der Waals surface area contributed by atoms with Gasteiger partial charge in [-0.05, 0) is 6.92 Å². The normalized spacial score (nSPS) is 8.60. The van der Waals surface area contributed by atoms with E-state index in [1.54, 1.807) is 6.92 Å². The number of rotatable bonds is 1. The second-order valence-electron chi connectivity index (χ2n) is 1.89. The maximum absolute atomic E-state index is 9.82. The van der Waals surface area contributed by atoms with Crippen LogP contribution in [0.15, 0.2) is 0 Å². The van der Waals surface area contributed by atoms with Crippen LogP contribution in [0.3, 0.4) is 0 Å². The van der Waals surface area contributed by atoms with Gasteiger partial charge in [-0.15, -0.1) is 0 Å². The van der Waals surface area contributed by atoms with Crippen LogP contribution in [0.25, 0.3) is 0 Å². The van der Waals surface area contributed by atoms with Crippen LogP contribution in [-0.4, -0.2) is 41.2 Å². The molecule has 0 aromatic heterocycles. The first-order valence-electron chi connectivity index (χ1n) is 3.53. The minimum absolute atomic E-state index is 0.211. The van der Waals surface area contributed by atoms with Crippen molar-refractivity contribution in [3.63, 3.8) is 0 Å². The molecule has 0 bridgehead atoms. The lowest BCUT2D eigenvalue weighted by molar-refractivity contribution is -0.140. The van der Waals surface area contributed by atoms with Gasteiger partial charge in [0, 0.05) is 13.8 Å². The molecule has 0 aliphatic heterocycles. The molecule has 0 radical (unpaired) electrons. The summed E-state index contributed by atoms with van der Waals surface area (Å²) in [5, 5.41) is 7.42. The molecule has 92 valence electrons. The van der Waals surface area contributed by atoms with Gasteiger partial charge >= 0.3 is 16.4 Å². The number of carboxylic acids is 1. The van der Waals surface area contributed by atoms with Gasteiger partial charge in [0.25, 0.3) is 5.97 Å². The van der Waals surface area contributed by atoms with E-state index in [4.69, 9.17) is 27.4 Å². The van der Waals surface area contributed by atoms with Crippen LogP contribution in [0.4, 0.5) is 0 Å². The molecule has 9 heteroatoms. The first-order valence-corrected chi connectivity index (χ1v) is 4.93. The van der Waals surface area contributed by atoms with Gasteiger partial charge in [-0.3, -0.25) is 18.7 Å². The highest BCUT2D eigenvalue weighted by molar-refractivity contribution is 7.79. The van der Waals surface area contributed by atoms with Crippen molar-refractivity contribution in [2.24, 2.45) is 0 Å². The molecule has 0 heterocycles. The van der Waals surface area contributed by atoms with Crippen LogP contribution in [0.2, 0.25) is 0 Å². The predicted molar refractivity (Wildman–Crippen MR) is 49.8 cm³/mol. The minimum atomic E-state index is -4.67. The Morgan fingerprint density at radius 1 is 1.20 bits per heavy atom. The van der Waals surface area contributed by atoms with E-state index in [1.807, 2.05) is 0 Å². The lowest BCUT2D eigenvalue weighted by atomic mass is 10.8. The number of esters is 1. The molecule has 15 heavy (non-hydrogen) atoms. The van der Waals surface area contributed by atoms with Gasteiger partial charge < -0.3 is 9.84 Å². The molecule has 0 saturated carbocycles. The van der Waals surface area contributed by atoms with Crippen LogP contribution in [0, 0.1) is 0 Å². The van der Waals surface area contributed by atoms with Crippen LogP contribution in [0.1, 0.15) is 20.8 Å². The van der Waals surface area contributed by atoms with Crippen LogP contribution in [-0.2, 0) is 24.7 Å². The van der Waals surface area contributed by atoms with E-state index in [2.05, 4.69) is 4.74 Å². The SMILES string of the molecule is CC(=O)O.CCOC(C)=O.O=S(=O)(O)O. The third-order valence-corrected chi connectivity index (χ3v) is 0.348. The molecular weight excluding hydrogens is 232 g/mol. The number of hydrogen-bond acceptors (Lipinski definition) is 5. The summed E-state index contributed by atoms with van der Waals surface area (Å²) in [6, 6.07) is 0. The zero-order valence-corrected chi connectivity index (χ0v) is 9.31. The van der Waals surface area contributed by atoms with Crippen LogP contribution in [0.5, 0.6) is 0 Å². The quantitative estimate of drug-likeness (QED) is 0.434. The Labute approximate surface area is 87.4 Å². The van der Waals surface area contributed by atoms with Gasteiger partial charge in [0.15, 0.2) is 0 Å². The predicted octanol–water partition coefficient (Wildman–Crippen LogP) is 0.00750. The van der Waals surface area contributed by atoms with Crippen molar-refractivity contribution in [3.8, 4) is 0 Å². The highest BCUT2D eigenvalue weighted by atomic mass is 32.3. The van der Waals surface area contributed by atoms with Gasteiger partial charge in [0.05, 0.1) is 6.61 Å². The fraction of sp³-hybridized carbons (Fsp3) is 0.667. The van der Waals surface area contributed by atoms with Crippen molar-refractivity contribution in [1.82, 2.24) is 0 Å². The molecule has 0 atom stereocenters. The second kappa shape index (κ2) is 10.9. The van der Waals surface area contributed by atoms with Crippen molar-refractivity contribution < 1.29 is 37.0 Å². The molecule has 0 fully saturated rings. The fourth-order valence-electron chi connectivity index (χ4n) is 0.203. The lowest BCUT2D eigenvalue weighted by Gasteiger charge is -1.89. The monoisotopic (exact) mass is 246 g/mol. The number of carbonyl (C=O) groups excluding carboxylic acids is 1. The molecular formula is C6H14O8S. The molecule has 0 rings (SSSR count). The molecule has 8 nitrogen and oxygen atoms in total. The van der Waals surface area contributed by atoms with Crippen molar-refractivity contribution >= 4 is 22.3 Å². The molecule has 0 aliphatic rings. The summed E-state index contributed by atoms with van der Waals surface area (Å²) in [6.45, 7) is 4.74. The molecule has 0 aromatic carbocycles. The maximum atomic E-state index is 9.82. The molecule has 0 aliphatic carbocycles. The van der Waals surface area contributed by atoms with Gasteiger partial charge in [-0.2, -0.15) is 8.42 Å². The zero-order chi connectivity index (χ0) is 13.1. The topological polar surface area (TPSA) is 138 Å². The number of aliphatic carboxylic acids is 1. The van der Waals surface area contributed by atoms with Crippen molar-refractivity contribution in [3.05, 3.63) is 0 Å². The van der Waals surface area contributed by atoms with Crippen LogP contribution >= 0.6 is 0 Å². The number of hydrogen-bond donors (Lipinski definition) is 3. The summed E-state index contributed by atoms with van der Waals surface area (Å²) in [6.07, 6.45) is 0. The average Bonchev–Trinajstić information content (AvgIpc) is 1.79. The first-order chi connectivity index (χ1) is 6.50. The Morgan fingerprint density at radius 2 is 1.40 bits per heavy atom. The van der Waals surface area contributed by atoms with Crippen LogP contribution < -0.4 is 0 Å². The first kappa shape index (κ1) is 19.4. The standard InChI is InChI=1S/C4H8O2.C2H4O2.H2O4S/c1-3-6-4(2)5;1-2(3)4;1-5(2,3)4/h3H2,1-2H3;1H3,(H,3,4);(H2,1,2,3,4). The third kappa shape index (κ3) is 457. The maximum Gasteiger partial charge on any atom is 0.394 e. The van der Waals surface area contributed by atoms with Crippen molar-refractivity contribution in [2.45, 2.75) is 20.8 Å². The number of carbonyl (C=O) groups is 2. The molecule has 0 unspecified atom stereocenters. The van der Waals surface area contributed by atoms with E-state index < -0.39 is 16.4 Å². The summed E-state index contributed by atoms with van der Waals surface area (Å²) < 4.78 is 36.0. The number of ether oxygens (including phenoxy) is 1. The fourth-order valence-corrected chi connectivity index (χ4v) is 0.203. The van der Waals surface area contributed by atoms with E-state index in [0.717, 1.165) is 6.92 Å². The molecule has 0 amide bonds.